The number of nitro groups is 1. The fourth-order valence-corrected chi connectivity index (χ4v) is 14.7. The van der Waals surface area contributed by atoms with E-state index in [0.29, 0.717) is 123 Å². The number of nitrogens with zero attached hydrogens (tertiary/aromatic N) is 4. The van der Waals surface area contributed by atoms with E-state index in [2.05, 4.69) is 35.2 Å². The van der Waals surface area contributed by atoms with Crippen LogP contribution < -0.4 is 47.2 Å². The summed E-state index contributed by atoms with van der Waals surface area (Å²) in [7, 11) is -2.00. The molecule has 0 atom stereocenters. The van der Waals surface area contributed by atoms with Crippen LogP contribution in [0.1, 0.15) is 111 Å². The number of ether oxygens (including phenoxy) is 5. The predicted molar refractivity (Wildman–Crippen MR) is 536 cm³/mol. The minimum Gasteiger partial charge on any atom is -0.507 e. The molecule has 740 valence electrons. The molecule has 1 aliphatic carbocycles. The number of carboxylic acid groups (broad SMARTS) is 1. The lowest BCUT2D eigenvalue weighted by Gasteiger charge is -2.17. The third-order valence-electron chi connectivity index (χ3n) is 21.5. The molecule has 1 saturated heterocycles. The SMILES string of the molecule is C1CCOC1.CC(=O)O.CC(F)(F)C(=O)Nc1c(N)cc(OCc2ccccc2)c2ccccc12.CC(F)(F)c1nc2c([nH]1)C(=O)C(=O)c1ccccc1-2.CC(F)(F)c1nc2c(cc(O)c3ccccc32)[nH]1.CC(F)(F)c1nc2c(cc(OCc3ccccc3)c3ccccc32)[nH]1.Nc1c([N+](=O)[O-])cc(OCc2ccccc2)c2ccccc12.Nc1cc(OCc2ccccc2)c2ccccc2c1N.[2H]CF.[2H]CF. The number of nitrogens with one attached hydrogen (secondary N) is 4. The predicted octanol–water partition coefficient (Wildman–Crippen LogP) is 25.7. The van der Waals surface area contributed by atoms with E-state index in [-0.39, 0.29) is 51.3 Å². The number of nitrogens with two attached hydrogens (primary N) is 4. The van der Waals surface area contributed by atoms with Crippen molar-refractivity contribution in [2.45, 2.75) is 97.6 Å². The summed E-state index contributed by atoms with van der Waals surface area (Å²) in [5, 5.41) is 38.0. The summed E-state index contributed by atoms with van der Waals surface area (Å²) in [6.07, 6.45) is 2.56. The number of phenols is 1. The summed E-state index contributed by atoms with van der Waals surface area (Å²) in [5.41, 5.74) is 31.9. The number of anilines is 5. The molecule has 3 aromatic heterocycles. The van der Waals surface area contributed by atoms with Crippen molar-refractivity contribution in [1.82, 2.24) is 29.9 Å². The normalized spacial score (nSPS) is 12.0. The minimum absolute atomic E-state index is 0.0488. The average molecular weight is 1970 g/mol. The summed E-state index contributed by atoms with van der Waals surface area (Å²) < 4.78 is 166. The largest absolute Gasteiger partial charge is 0.507 e. The molecule has 143 heavy (non-hydrogen) atoms. The number of alkyl halides is 10. The number of aliphatic carboxylic acids is 1. The molecule has 0 spiro atoms. The number of aromatic hydroxyl groups is 1. The Balaban J connectivity index is 0.000000161. The second-order valence-electron chi connectivity index (χ2n) is 32.2. The molecule has 1 aliphatic heterocycles. The van der Waals surface area contributed by atoms with Crippen LogP contribution in [0.15, 0.2) is 297 Å². The Morgan fingerprint density at radius 3 is 1.16 bits per heavy atom. The fraction of sp³-hybridized carbons (Fsp3) is 0.176. The number of nitro benzene ring substituents is 1. The number of hydrogen-bond donors (Lipinski definition) is 10. The lowest BCUT2D eigenvalue weighted by Crippen LogP contribution is -2.31. The number of phenolic OH excluding ortho intramolecular Hbond substituents is 1. The zero-order chi connectivity index (χ0) is 105. The van der Waals surface area contributed by atoms with Crippen molar-refractivity contribution in [3.63, 3.8) is 0 Å². The first-order valence-electron chi connectivity index (χ1n) is 45.3. The summed E-state index contributed by atoms with van der Waals surface area (Å²) in [6, 6.07) is 90.0. The quantitative estimate of drug-likeness (QED) is 0.0125. The van der Waals surface area contributed by atoms with Crippen LogP contribution >= 0.6 is 0 Å². The molecule has 14 N–H and O–H groups in total. The number of carbonyl (C=O) groups is 4. The second kappa shape index (κ2) is 48.5. The van der Waals surface area contributed by atoms with Crippen molar-refractivity contribution in [3.8, 4) is 40.0 Å². The zero-order valence-corrected chi connectivity index (χ0v) is 77.6. The van der Waals surface area contributed by atoms with E-state index in [4.69, 9.17) is 59.3 Å². The number of nitrogen functional groups attached to an aromatic ring is 4. The molecule has 1 fully saturated rings. The number of imidazole rings is 3. The average Bonchev–Trinajstić information content (AvgIpc) is 1.49. The van der Waals surface area contributed by atoms with Crippen LogP contribution in [0.2, 0.25) is 0 Å². The maximum atomic E-state index is 13.6. The number of amides is 1. The van der Waals surface area contributed by atoms with Gasteiger partial charge in [-0.05, 0) is 35.1 Å². The highest BCUT2D eigenvalue weighted by Gasteiger charge is 2.39. The van der Waals surface area contributed by atoms with Gasteiger partial charge in [0.1, 0.15) is 72.3 Å². The van der Waals surface area contributed by atoms with Crippen LogP contribution in [0.25, 0.3) is 87.2 Å². The summed E-state index contributed by atoms with van der Waals surface area (Å²) in [6.45, 7) is 7.50. The van der Waals surface area contributed by atoms with Gasteiger partial charge in [0.2, 0.25) is 5.78 Å². The first kappa shape index (κ1) is 103. The van der Waals surface area contributed by atoms with Gasteiger partial charge in [0.05, 0.1) is 72.9 Å². The molecule has 0 unspecified atom stereocenters. The number of aromatic nitrogens is 6. The van der Waals surface area contributed by atoms with Crippen molar-refractivity contribution in [3.05, 3.63) is 358 Å². The van der Waals surface area contributed by atoms with Crippen LogP contribution in [0.4, 0.5) is 78.0 Å². The van der Waals surface area contributed by atoms with Crippen molar-refractivity contribution >= 4 is 133 Å². The molecule has 25 nitrogen and oxygen atoms in total. The Kier molecular flexibility index (Phi) is 35.0. The van der Waals surface area contributed by atoms with Gasteiger partial charge in [0.15, 0.2) is 17.5 Å². The second-order valence-corrected chi connectivity index (χ2v) is 32.2. The van der Waals surface area contributed by atoms with Gasteiger partial charge in [0, 0.05) is 137 Å². The molecule has 0 bridgehead atoms. The van der Waals surface area contributed by atoms with Gasteiger partial charge in [0.25, 0.3) is 23.3 Å². The van der Waals surface area contributed by atoms with E-state index >= 15 is 0 Å². The molecule has 4 heterocycles. The lowest BCUT2D eigenvalue weighted by atomic mass is 9.90. The number of rotatable bonds is 18. The lowest BCUT2D eigenvalue weighted by molar-refractivity contribution is -0.383. The highest BCUT2D eigenvalue weighted by Crippen LogP contribution is 2.44. The number of Topliss-reactive ketones (excluding diaryl/α,β-unsaturated/α-hetero) is 2. The zero-order valence-electron chi connectivity index (χ0n) is 79.6. The van der Waals surface area contributed by atoms with Crippen LogP contribution in [0, 0.1) is 10.1 Å². The van der Waals surface area contributed by atoms with Gasteiger partial charge in [-0.25, -0.2) is 15.0 Å². The van der Waals surface area contributed by atoms with Gasteiger partial charge >= 0.3 is 23.7 Å². The Hall–Kier alpha value is -17.1. The maximum Gasteiger partial charge on any atom is 0.322 e. The number of halogens is 10. The smallest absolute Gasteiger partial charge is 0.322 e. The number of fused-ring (bicyclic) bond motifs is 12. The van der Waals surface area contributed by atoms with Crippen molar-refractivity contribution in [2.24, 2.45) is 0 Å². The van der Waals surface area contributed by atoms with E-state index in [1.165, 1.54) is 37.1 Å². The molecule has 20 rings (SSSR count). The number of carboxylic acids is 1. The molecular formula is C108H100F10N12O13. The van der Waals surface area contributed by atoms with Gasteiger partial charge in [-0.15, -0.1) is 0 Å². The summed E-state index contributed by atoms with van der Waals surface area (Å²) >= 11 is 0. The van der Waals surface area contributed by atoms with Crippen molar-refractivity contribution in [1.29, 1.82) is 0 Å². The van der Waals surface area contributed by atoms with Crippen LogP contribution in [0.3, 0.4) is 0 Å². The van der Waals surface area contributed by atoms with Crippen LogP contribution in [0.5, 0.6) is 28.7 Å². The van der Waals surface area contributed by atoms with E-state index < -0.39 is 78.0 Å². The standard InChI is InChI=1S/C20H18F2N2O2.C20H16F2N2O.C17H14N2O3.C17H16N2O.C13H8F2N2O2.C13H10F2N2O.C4H8O.C2H4O2.2CH3F/c1-20(21,22)19(25)24-18-15-10-6-5-9-14(15)17(11-16(18)23)26-12-13-7-3-2-4-8-13;1-20(21,22)19-23-16-11-17(25-12-13-7-3-2-4-8-13)14-9-5-6-10-15(14)18(16)24-19;18-17-14-9-5-4-8-13(14)16(10-15(17)19(20)21)22-11-12-6-2-1-3-7-12;18-15-10-16(20-11-12-6-2-1-3-7-12)13-8-4-5-9-14(13)17(15)19;1-13(14,15)12-16-8-6-4-2-3-5-7(6)10(18)11(19)9(8)17-12;1-13(14,15)12-16-9-6-10(18)7-4-2-3-5-8(7)11(9)17-12;1-2-4-5-3-1;1-2(3)4;2*1-2/h2-11H,12,23H2,1H3,(H,24,25);2-11H,12H2,1H3,(H,23,24);1-10H,11,18H2;1-10H,11,18-19H2;2-5H,1H3,(H,16,17);2-6,18H,1H3,(H,16,17);1-4H2;1H3,(H,3,4);2*1H3/i;;;;;;;;2*1D. The third-order valence-corrected chi connectivity index (χ3v) is 21.5. The number of benzene rings is 15. The number of ketones is 2. The van der Waals surface area contributed by atoms with E-state index in [0.717, 1.165) is 88.9 Å². The molecular weight excluding hydrogens is 1860 g/mol. The first-order valence-corrected chi connectivity index (χ1v) is 43.9. The molecule has 35 heteroatoms. The van der Waals surface area contributed by atoms with Crippen LogP contribution in [-0.4, -0.2) is 102 Å². The van der Waals surface area contributed by atoms with Crippen molar-refractivity contribution in [2.75, 3.05) is 55.8 Å². The minimum atomic E-state index is -3.50. The molecule has 0 radical (unpaired) electrons. The van der Waals surface area contributed by atoms with Gasteiger partial charge < -0.3 is 77.1 Å². The van der Waals surface area contributed by atoms with Crippen molar-refractivity contribution < 1.29 is 105 Å². The number of aromatic amines is 3. The Morgan fingerprint density at radius 2 is 0.762 bits per heavy atom. The summed E-state index contributed by atoms with van der Waals surface area (Å²) in [5.74, 6) is -15.5. The molecule has 2 aliphatic rings. The van der Waals surface area contributed by atoms with E-state index in [1.807, 2.05) is 182 Å². The highest BCUT2D eigenvalue weighted by molar-refractivity contribution is 6.52. The van der Waals surface area contributed by atoms with E-state index in [9.17, 15) is 73.5 Å². The topological polar surface area (TPSA) is 400 Å². The maximum absolute atomic E-state index is 13.6. The molecule has 0 saturated carbocycles. The molecule has 18 aromatic rings. The Labute approximate surface area is 815 Å². The summed E-state index contributed by atoms with van der Waals surface area (Å²) in [4.78, 5) is 74.4. The van der Waals surface area contributed by atoms with E-state index in [1.54, 1.807) is 91.0 Å². The highest BCUT2D eigenvalue weighted by atomic mass is 19.3. The van der Waals surface area contributed by atoms with Gasteiger partial charge in [-0.3, -0.25) is 38.1 Å². The first-order chi connectivity index (χ1) is 69.2. The Bertz CT molecular complexity index is 7490. The number of carbonyl (C=O) groups excluding carboxylic acids is 3. The molecule has 1 amide bonds. The molecule has 15 aromatic carbocycles. The van der Waals surface area contributed by atoms with Gasteiger partial charge in [-0.2, -0.15) is 35.1 Å². The monoisotopic (exact) mass is 1960 g/mol. The fourth-order valence-electron chi connectivity index (χ4n) is 14.7. The number of hydrogen-bond acceptors (Lipinski definition) is 19. The Morgan fingerprint density at radius 1 is 0.441 bits per heavy atom. The third kappa shape index (κ3) is 27.5. The van der Waals surface area contributed by atoms with Crippen LogP contribution in [-0.2, 0) is 58.5 Å². The van der Waals surface area contributed by atoms with Gasteiger partial charge in [-0.1, -0.05) is 267 Å². The number of H-pyrrole nitrogens is 3.